The van der Waals surface area contributed by atoms with Crippen LogP contribution in [0.1, 0.15) is 42.5 Å². The average molecular weight is 486 g/mol. The first-order chi connectivity index (χ1) is 17.5. The van der Waals surface area contributed by atoms with Crippen LogP contribution in [0.3, 0.4) is 0 Å². The van der Waals surface area contributed by atoms with Gasteiger partial charge in [-0.25, -0.2) is 9.69 Å². The molecule has 8 nitrogen and oxygen atoms in total. The van der Waals surface area contributed by atoms with Crippen LogP contribution in [-0.4, -0.2) is 29.5 Å². The lowest BCUT2D eigenvalue weighted by Crippen LogP contribution is -2.44. The third-order valence-corrected chi connectivity index (χ3v) is 6.30. The third-order valence-electron chi connectivity index (χ3n) is 6.30. The lowest BCUT2D eigenvalue weighted by Gasteiger charge is -2.27. The maximum Gasteiger partial charge on any atom is 0.417 e. The minimum absolute atomic E-state index is 0.0330. The van der Waals surface area contributed by atoms with Crippen molar-refractivity contribution < 1.29 is 19.1 Å². The minimum atomic E-state index is -1.06. The van der Waals surface area contributed by atoms with Crippen LogP contribution in [0, 0.1) is 11.4 Å². The van der Waals surface area contributed by atoms with E-state index in [0.717, 1.165) is 21.6 Å². The summed E-state index contributed by atoms with van der Waals surface area (Å²) in [5.41, 5.74) is 10.1. The Labute approximate surface area is 210 Å². The summed E-state index contributed by atoms with van der Waals surface area (Å²) in [5, 5.41) is 3.99. The normalized spacial score (nSPS) is 16.7. The number of amides is 2. The number of carbonyl (C=O) groups excluding carboxylic acids is 2. The highest BCUT2D eigenvalue weighted by molar-refractivity contribution is 5.97. The van der Waals surface area contributed by atoms with Gasteiger partial charge in [0.25, 0.3) is 5.91 Å². The van der Waals surface area contributed by atoms with E-state index in [2.05, 4.69) is 10.0 Å². The van der Waals surface area contributed by atoms with E-state index in [0.29, 0.717) is 12.4 Å². The van der Waals surface area contributed by atoms with Crippen LogP contribution in [0.15, 0.2) is 90.0 Å². The van der Waals surface area contributed by atoms with Gasteiger partial charge < -0.3 is 9.47 Å². The molecule has 8 heteroatoms. The van der Waals surface area contributed by atoms with Gasteiger partial charge in [0, 0.05) is 5.92 Å². The lowest BCUT2D eigenvalue weighted by atomic mass is 9.82. The molecule has 1 fully saturated rings. The van der Waals surface area contributed by atoms with Gasteiger partial charge in [0.15, 0.2) is 0 Å². The van der Waals surface area contributed by atoms with Gasteiger partial charge in [-0.1, -0.05) is 86.6 Å². The van der Waals surface area contributed by atoms with E-state index in [1.54, 1.807) is 0 Å². The van der Waals surface area contributed by atoms with E-state index in [-0.39, 0.29) is 12.5 Å². The number of imide groups is 1. The number of carbonyl (C=O) groups is 2. The van der Waals surface area contributed by atoms with Crippen molar-refractivity contribution in [3.05, 3.63) is 102 Å². The van der Waals surface area contributed by atoms with Crippen LogP contribution < -0.4 is 9.65 Å². The Morgan fingerprint density at radius 3 is 2.31 bits per heavy atom. The van der Waals surface area contributed by atoms with E-state index in [4.69, 9.17) is 15.0 Å². The standard InChI is InChI=1S/C28H29N4O4/c1-19(2)25(22-13-15-23(16-14-22)35-17-20-9-5-3-6-10-20)26(30-31-29)27(33)32-24(18-36-28(32)34)21-11-7-4-8-12-21/h3-16,19,24-26,29H,17-18H2,1-2H3/q+1/t24-,25+,26+/m1/s1. The van der Waals surface area contributed by atoms with E-state index in [1.165, 1.54) is 0 Å². The van der Waals surface area contributed by atoms with Crippen molar-refractivity contribution in [3.63, 3.8) is 0 Å². The fourth-order valence-corrected chi connectivity index (χ4v) is 4.52. The van der Waals surface area contributed by atoms with Crippen molar-refractivity contribution in [1.29, 1.82) is 5.53 Å². The van der Waals surface area contributed by atoms with Gasteiger partial charge in [-0.3, -0.25) is 4.79 Å². The molecule has 3 aromatic rings. The van der Waals surface area contributed by atoms with Gasteiger partial charge in [0.2, 0.25) is 11.0 Å². The molecule has 3 aromatic carbocycles. The minimum Gasteiger partial charge on any atom is -0.489 e. The molecule has 2 amide bonds. The van der Waals surface area contributed by atoms with Crippen LogP contribution >= 0.6 is 0 Å². The maximum absolute atomic E-state index is 13.7. The molecule has 0 saturated carbocycles. The van der Waals surface area contributed by atoms with Crippen LogP contribution in [0.4, 0.5) is 4.79 Å². The Hall–Kier alpha value is -4.29. The molecule has 4 rings (SSSR count). The highest BCUT2D eigenvalue weighted by Crippen LogP contribution is 2.35. The predicted octanol–water partition coefficient (Wildman–Crippen LogP) is 5.64. The summed E-state index contributed by atoms with van der Waals surface area (Å²) < 4.78 is 11.1. The van der Waals surface area contributed by atoms with E-state index in [1.807, 2.05) is 98.8 Å². The number of hydrogen-bond donors (Lipinski definition) is 1. The van der Waals surface area contributed by atoms with Crippen molar-refractivity contribution in [2.75, 3.05) is 6.61 Å². The highest BCUT2D eigenvalue weighted by Gasteiger charge is 2.46. The Kier molecular flexibility index (Phi) is 7.88. The number of nitrogens with one attached hydrogen (secondary N) is 1. The first-order valence-electron chi connectivity index (χ1n) is 11.9. The van der Waals surface area contributed by atoms with Gasteiger partial charge in [-0.2, -0.15) is 0 Å². The smallest absolute Gasteiger partial charge is 0.417 e. The van der Waals surface area contributed by atoms with E-state index < -0.39 is 30.0 Å². The number of cyclic esters (lactones) is 1. The molecule has 0 spiro atoms. The first-order valence-corrected chi connectivity index (χ1v) is 11.9. The average Bonchev–Trinajstić information content (AvgIpc) is 3.29. The first kappa shape index (κ1) is 24.8. The second kappa shape index (κ2) is 11.4. The lowest BCUT2D eigenvalue weighted by molar-refractivity contribution is -0.131. The summed E-state index contributed by atoms with van der Waals surface area (Å²) >= 11 is 0. The molecule has 1 aliphatic heterocycles. The van der Waals surface area contributed by atoms with Gasteiger partial charge in [0.05, 0.1) is 0 Å². The summed E-state index contributed by atoms with van der Waals surface area (Å²) in [6.45, 7) is 4.46. The largest absolute Gasteiger partial charge is 0.489 e. The van der Waals surface area contributed by atoms with Gasteiger partial charge in [0.1, 0.15) is 35.7 Å². The molecular weight excluding hydrogens is 456 g/mol. The fraction of sp³-hybridized carbons (Fsp3) is 0.286. The fourth-order valence-electron chi connectivity index (χ4n) is 4.52. The summed E-state index contributed by atoms with van der Waals surface area (Å²) in [4.78, 5) is 30.7. The van der Waals surface area contributed by atoms with E-state index in [9.17, 15) is 9.59 Å². The molecule has 0 aromatic heterocycles. The van der Waals surface area contributed by atoms with Crippen LogP contribution in [-0.2, 0) is 16.1 Å². The molecular formula is C28H29N4O4+. The Bertz CT molecular complexity index is 1230. The molecule has 0 bridgehead atoms. The Morgan fingerprint density at radius 1 is 1.06 bits per heavy atom. The van der Waals surface area contributed by atoms with E-state index >= 15 is 0 Å². The molecule has 1 saturated heterocycles. The molecule has 0 unspecified atom stereocenters. The van der Waals surface area contributed by atoms with Gasteiger partial charge in [-0.15, -0.1) is 0 Å². The van der Waals surface area contributed by atoms with Crippen LogP contribution in [0.2, 0.25) is 0 Å². The number of hydrogen-bond acceptors (Lipinski definition) is 6. The van der Waals surface area contributed by atoms with Crippen molar-refractivity contribution in [2.45, 2.75) is 38.5 Å². The Balaban J connectivity index is 1.58. The molecule has 0 radical (unpaired) electrons. The molecule has 3 atom stereocenters. The second-order valence-electron chi connectivity index (χ2n) is 8.99. The number of rotatable bonds is 9. The molecule has 0 aliphatic carbocycles. The summed E-state index contributed by atoms with van der Waals surface area (Å²) in [6.07, 6.45) is -0.716. The van der Waals surface area contributed by atoms with Crippen LogP contribution in [0.25, 0.3) is 0 Å². The van der Waals surface area contributed by atoms with Crippen molar-refractivity contribution >= 4 is 12.0 Å². The van der Waals surface area contributed by atoms with Gasteiger partial charge in [-0.05, 0) is 34.7 Å². The zero-order chi connectivity index (χ0) is 25.5. The number of ether oxygens (including phenoxy) is 2. The summed E-state index contributed by atoms with van der Waals surface area (Å²) in [5.74, 6) is -0.290. The summed E-state index contributed by atoms with van der Waals surface area (Å²) in [6, 6.07) is 25.0. The molecule has 1 N–H and O–H groups in total. The number of benzene rings is 3. The number of nitrogens with zero attached hydrogens (tertiary/aromatic N) is 3. The van der Waals surface area contributed by atoms with Crippen molar-refractivity contribution in [2.24, 2.45) is 11.0 Å². The Morgan fingerprint density at radius 2 is 1.69 bits per heavy atom. The molecule has 1 aliphatic rings. The van der Waals surface area contributed by atoms with Crippen molar-refractivity contribution in [1.82, 2.24) is 9.81 Å². The SMILES string of the molecule is CC(C)[C@@H](c1ccc(OCc2ccccc2)cc1)[C@H](N=[N+]=N)C(=O)N1C(=O)OC[C@@H]1c1ccccc1. The monoisotopic (exact) mass is 485 g/mol. The third kappa shape index (κ3) is 5.50. The van der Waals surface area contributed by atoms with Crippen LogP contribution in [0.5, 0.6) is 5.75 Å². The summed E-state index contributed by atoms with van der Waals surface area (Å²) in [7, 11) is 0. The van der Waals surface area contributed by atoms with Gasteiger partial charge >= 0.3 is 6.09 Å². The molecule has 184 valence electrons. The predicted molar refractivity (Wildman–Crippen MR) is 133 cm³/mol. The molecule has 36 heavy (non-hydrogen) atoms. The molecule has 1 heterocycles. The van der Waals surface area contributed by atoms with Crippen molar-refractivity contribution in [3.8, 4) is 5.75 Å². The quantitative estimate of drug-likeness (QED) is 0.312. The zero-order valence-electron chi connectivity index (χ0n) is 20.3. The maximum atomic E-state index is 13.7. The second-order valence-corrected chi connectivity index (χ2v) is 8.99. The topological polar surface area (TPSA) is 106 Å². The highest BCUT2D eigenvalue weighted by atomic mass is 16.6. The zero-order valence-corrected chi connectivity index (χ0v) is 20.3.